The van der Waals surface area contributed by atoms with Crippen LogP contribution in [0.15, 0.2) is 16.8 Å². The summed E-state index contributed by atoms with van der Waals surface area (Å²) in [4.78, 5) is 17.7. The van der Waals surface area contributed by atoms with Gasteiger partial charge in [0, 0.05) is 25.7 Å². The summed E-state index contributed by atoms with van der Waals surface area (Å²) in [7, 11) is 0. The number of nitrogens with one attached hydrogen (secondary N) is 1. The Morgan fingerprint density at radius 3 is 3.12 bits per heavy atom. The van der Waals surface area contributed by atoms with Crippen LogP contribution in [-0.4, -0.2) is 35.8 Å². The van der Waals surface area contributed by atoms with Crippen LogP contribution in [0, 0.1) is 5.92 Å². The molecule has 1 N–H and O–H groups in total. The van der Waals surface area contributed by atoms with Gasteiger partial charge in [-0.1, -0.05) is 0 Å². The van der Waals surface area contributed by atoms with Gasteiger partial charge in [0.25, 0.3) is 0 Å². The minimum Gasteiger partial charge on any atom is -0.356 e. The van der Waals surface area contributed by atoms with Gasteiger partial charge in [-0.2, -0.15) is 0 Å². The van der Waals surface area contributed by atoms with E-state index in [-0.39, 0.29) is 5.91 Å². The lowest BCUT2D eigenvalue weighted by atomic mass is 10.1. The number of allylic oxidation sites excluding steroid dienone is 1. The molecule has 2 aliphatic heterocycles. The van der Waals surface area contributed by atoms with Gasteiger partial charge in [-0.3, -0.25) is 9.79 Å². The van der Waals surface area contributed by atoms with Crippen molar-refractivity contribution in [3.8, 4) is 0 Å². The summed E-state index contributed by atoms with van der Waals surface area (Å²) in [5, 5.41) is 2.89. The van der Waals surface area contributed by atoms with Gasteiger partial charge >= 0.3 is 0 Å². The van der Waals surface area contributed by atoms with Crippen LogP contribution in [0.25, 0.3) is 0 Å². The molecule has 2 heterocycles. The second kappa shape index (κ2) is 4.28. The van der Waals surface area contributed by atoms with E-state index < -0.39 is 0 Å². The van der Waals surface area contributed by atoms with Gasteiger partial charge in [-0.05, 0) is 32.3 Å². The van der Waals surface area contributed by atoms with Crippen molar-refractivity contribution in [2.75, 3.05) is 13.1 Å². The third kappa shape index (κ3) is 2.26. The molecule has 16 heavy (non-hydrogen) atoms. The largest absolute Gasteiger partial charge is 0.356 e. The molecule has 2 aliphatic rings. The highest BCUT2D eigenvalue weighted by atomic mass is 16.1. The zero-order valence-corrected chi connectivity index (χ0v) is 10.2. The van der Waals surface area contributed by atoms with E-state index in [1.807, 2.05) is 0 Å². The minimum atomic E-state index is 0.0533. The van der Waals surface area contributed by atoms with Crippen LogP contribution < -0.4 is 5.32 Å². The molecule has 88 valence electrons. The maximum atomic E-state index is 10.9. The van der Waals surface area contributed by atoms with Crippen LogP contribution in [0.4, 0.5) is 0 Å². The number of amidine groups is 1. The van der Waals surface area contributed by atoms with Crippen molar-refractivity contribution in [2.24, 2.45) is 10.9 Å². The van der Waals surface area contributed by atoms with E-state index in [9.17, 15) is 4.79 Å². The number of fused-ring (bicyclic) bond motifs is 1. The molecule has 0 radical (unpaired) electrons. The molecule has 0 aliphatic carbocycles. The van der Waals surface area contributed by atoms with Crippen LogP contribution in [0.2, 0.25) is 0 Å². The van der Waals surface area contributed by atoms with Crippen LogP contribution in [0.5, 0.6) is 0 Å². The second-order valence-electron chi connectivity index (χ2n) is 4.69. The number of carbonyl (C=O) groups is 1. The molecule has 4 heteroatoms. The molecule has 0 aromatic carbocycles. The van der Waals surface area contributed by atoms with Crippen molar-refractivity contribution in [3.63, 3.8) is 0 Å². The summed E-state index contributed by atoms with van der Waals surface area (Å²) >= 11 is 0. The van der Waals surface area contributed by atoms with Crippen molar-refractivity contribution >= 4 is 11.7 Å². The first-order valence-corrected chi connectivity index (χ1v) is 5.83. The number of hydrogen-bond donors (Lipinski definition) is 1. The smallest absolute Gasteiger partial charge is 0.216 e. The monoisotopic (exact) mass is 221 g/mol. The molecule has 2 atom stereocenters. The molecule has 1 saturated heterocycles. The summed E-state index contributed by atoms with van der Waals surface area (Å²) in [5.41, 5.74) is 1.37. The highest BCUT2D eigenvalue weighted by Gasteiger charge is 2.30. The Labute approximate surface area is 96.4 Å². The molecule has 1 amide bonds. The summed E-state index contributed by atoms with van der Waals surface area (Å²) in [6, 6.07) is 0.297. The maximum absolute atomic E-state index is 10.9. The molecule has 0 spiro atoms. The molecule has 0 saturated carbocycles. The summed E-state index contributed by atoms with van der Waals surface area (Å²) < 4.78 is 0. The lowest BCUT2D eigenvalue weighted by molar-refractivity contribution is -0.119. The van der Waals surface area contributed by atoms with Crippen molar-refractivity contribution in [1.82, 2.24) is 10.2 Å². The van der Waals surface area contributed by atoms with E-state index >= 15 is 0 Å². The van der Waals surface area contributed by atoms with Crippen molar-refractivity contribution in [1.29, 1.82) is 0 Å². The van der Waals surface area contributed by atoms with Crippen LogP contribution in [0.3, 0.4) is 0 Å². The van der Waals surface area contributed by atoms with Crippen molar-refractivity contribution in [2.45, 2.75) is 33.2 Å². The molecule has 0 unspecified atom stereocenters. The highest BCUT2D eigenvalue weighted by molar-refractivity contribution is 5.83. The summed E-state index contributed by atoms with van der Waals surface area (Å²) in [5.74, 6) is 1.68. The number of hydrogen-bond acceptors (Lipinski definition) is 3. The van der Waals surface area contributed by atoms with Gasteiger partial charge in [-0.25, -0.2) is 0 Å². The number of carbonyl (C=O) groups excluding carboxylic acids is 1. The van der Waals surface area contributed by atoms with Crippen molar-refractivity contribution in [3.05, 3.63) is 11.8 Å². The summed E-state index contributed by atoms with van der Waals surface area (Å²) in [6.45, 7) is 7.48. The Morgan fingerprint density at radius 1 is 1.69 bits per heavy atom. The van der Waals surface area contributed by atoms with Gasteiger partial charge in [0.1, 0.15) is 5.84 Å². The topological polar surface area (TPSA) is 44.7 Å². The van der Waals surface area contributed by atoms with E-state index in [1.165, 1.54) is 5.70 Å². The molecule has 0 bridgehead atoms. The molecular weight excluding hydrogens is 202 g/mol. The Bertz CT molecular complexity index is 359. The number of aliphatic imine (C=N–C) groups is 1. The fourth-order valence-electron chi connectivity index (χ4n) is 2.45. The Balaban J connectivity index is 1.98. The molecule has 2 rings (SSSR count). The van der Waals surface area contributed by atoms with Crippen molar-refractivity contribution < 1.29 is 4.79 Å². The van der Waals surface area contributed by atoms with Crippen LogP contribution in [-0.2, 0) is 4.79 Å². The van der Waals surface area contributed by atoms with Gasteiger partial charge in [-0.15, -0.1) is 0 Å². The second-order valence-corrected chi connectivity index (χ2v) is 4.69. The number of amides is 1. The van der Waals surface area contributed by atoms with Crippen LogP contribution >= 0.6 is 0 Å². The van der Waals surface area contributed by atoms with E-state index in [0.717, 1.165) is 25.3 Å². The highest BCUT2D eigenvalue weighted by Crippen LogP contribution is 2.29. The molecule has 4 nitrogen and oxygen atoms in total. The first-order chi connectivity index (χ1) is 7.56. The van der Waals surface area contributed by atoms with Gasteiger partial charge < -0.3 is 10.2 Å². The SMILES string of the molecule is CC(=O)NC[C@H]1CC2=C[C@H](C)N=C(C)N2C1. The minimum absolute atomic E-state index is 0.0533. The maximum Gasteiger partial charge on any atom is 0.216 e. The first kappa shape index (κ1) is 11.2. The molecular formula is C12H19N3O. The standard InChI is InChI=1S/C12H19N3O/c1-8-4-12-5-11(6-13-10(3)16)7-15(12)9(2)14-8/h4,8,11H,5-7H2,1-3H3,(H,13,16)/t8-,11+/m0/s1. The molecule has 0 aromatic heterocycles. The fraction of sp³-hybridized carbons (Fsp3) is 0.667. The van der Waals surface area contributed by atoms with Gasteiger partial charge in [0.05, 0.1) is 6.04 Å². The summed E-state index contributed by atoms with van der Waals surface area (Å²) in [6.07, 6.45) is 3.28. The number of nitrogens with zero attached hydrogens (tertiary/aromatic N) is 2. The van der Waals surface area contributed by atoms with E-state index in [0.29, 0.717) is 12.0 Å². The Morgan fingerprint density at radius 2 is 2.44 bits per heavy atom. The Kier molecular flexibility index (Phi) is 2.99. The quantitative estimate of drug-likeness (QED) is 0.760. The fourth-order valence-corrected chi connectivity index (χ4v) is 2.45. The zero-order chi connectivity index (χ0) is 11.7. The average molecular weight is 221 g/mol. The first-order valence-electron chi connectivity index (χ1n) is 5.83. The van der Waals surface area contributed by atoms with Gasteiger partial charge in [0.15, 0.2) is 0 Å². The predicted octanol–water partition coefficient (Wildman–Crippen LogP) is 1.15. The predicted molar refractivity (Wildman–Crippen MR) is 64.2 cm³/mol. The van der Waals surface area contributed by atoms with Crippen LogP contribution in [0.1, 0.15) is 27.2 Å². The molecule has 0 aromatic rings. The third-order valence-corrected chi connectivity index (χ3v) is 3.14. The average Bonchev–Trinajstić information content (AvgIpc) is 2.57. The Hall–Kier alpha value is -1.32. The molecule has 1 fully saturated rings. The van der Waals surface area contributed by atoms with E-state index in [4.69, 9.17) is 0 Å². The van der Waals surface area contributed by atoms with E-state index in [1.54, 1.807) is 6.92 Å². The van der Waals surface area contributed by atoms with Gasteiger partial charge in [0.2, 0.25) is 5.91 Å². The third-order valence-electron chi connectivity index (χ3n) is 3.14. The number of rotatable bonds is 2. The normalized spacial score (nSPS) is 28.3. The van der Waals surface area contributed by atoms with E-state index in [2.05, 4.69) is 35.1 Å². The zero-order valence-electron chi connectivity index (χ0n) is 10.2. The lowest BCUT2D eigenvalue weighted by Crippen LogP contribution is -2.32. The lowest BCUT2D eigenvalue weighted by Gasteiger charge is -2.25.